The number of aromatic amines is 1. The van der Waals surface area contributed by atoms with E-state index in [0.717, 1.165) is 5.69 Å². The van der Waals surface area contributed by atoms with Gasteiger partial charge >= 0.3 is 0 Å². The topological polar surface area (TPSA) is 91.9 Å². The van der Waals surface area contributed by atoms with Gasteiger partial charge in [-0.3, -0.25) is 9.89 Å². The van der Waals surface area contributed by atoms with Crippen LogP contribution in [0, 0.1) is 6.92 Å². The molecule has 0 aliphatic heterocycles. The van der Waals surface area contributed by atoms with E-state index in [9.17, 15) is 13.2 Å². The van der Waals surface area contributed by atoms with Crippen LogP contribution in [0.1, 0.15) is 23.0 Å². The molecule has 2 aromatic rings. The number of amides is 1. The zero-order valence-electron chi connectivity index (χ0n) is 11.2. The molecule has 0 saturated carbocycles. The summed E-state index contributed by atoms with van der Waals surface area (Å²) in [6.07, 6.45) is 0. The van der Waals surface area contributed by atoms with Crippen molar-refractivity contribution < 1.29 is 13.2 Å². The Hall–Kier alpha value is -2.15. The number of rotatable bonds is 4. The zero-order valence-corrected chi connectivity index (χ0v) is 12.0. The number of carbonyl (C=O) groups is 1. The predicted molar refractivity (Wildman–Crippen MR) is 75.4 cm³/mol. The van der Waals surface area contributed by atoms with Crippen molar-refractivity contribution in [1.82, 2.24) is 10.2 Å². The number of sulfone groups is 1. The normalized spacial score (nSPS) is 11.3. The van der Waals surface area contributed by atoms with Crippen LogP contribution in [0.25, 0.3) is 0 Å². The third-order valence-electron chi connectivity index (χ3n) is 2.79. The second kappa shape index (κ2) is 5.46. The third-order valence-corrected chi connectivity index (χ3v) is 4.58. The highest BCUT2D eigenvalue weighted by Gasteiger charge is 2.20. The van der Waals surface area contributed by atoms with Crippen LogP contribution < -0.4 is 5.32 Å². The SMILES string of the molecule is CCS(=O)(=O)c1ccccc1C(=O)Nc1cc(C)[nH]n1. The summed E-state index contributed by atoms with van der Waals surface area (Å²) in [5, 5.41) is 9.16. The minimum atomic E-state index is -3.45. The molecule has 2 rings (SSSR count). The maximum Gasteiger partial charge on any atom is 0.258 e. The van der Waals surface area contributed by atoms with E-state index >= 15 is 0 Å². The largest absolute Gasteiger partial charge is 0.305 e. The summed E-state index contributed by atoms with van der Waals surface area (Å²) in [4.78, 5) is 12.2. The first-order valence-corrected chi connectivity index (χ1v) is 7.74. The minimum Gasteiger partial charge on any atom is -0.305 e. The number of nitrogens with one attached hydrogen (secondary N) is 2. The molecule has 1 aromatic heterocycles. The van der Waals surface area contributed by atoms with Gasteiger partial charge in [0.25, 0.3) is 5.91 Å². The number of carbonyl (C=O) groups excluding carboxylic acids is 1. The molecular formula is C13H15N3O3S. The Morgan fingerprint density at radius 1 is 1.35 bits per heavy atom. The van der Waals surface area contributed by atoms with Crippen LogP contribution in [-0.2, 0) is 9.84 Å². The van der Waals surface area contributed by atoms with Crippen LogP contribution in [0.3, 0.4) is 0 Å². The molecule has 0 fully saturated rings. The lowest BCUT2D eigenvalue weighted by molar-refractivity contribution is 0.102. The van der Waals surface area contributed by atoms with Crippen molar-refractivity contribution in [2.24, 2.45) is 0 Å². The fourth-order valence-electron chi connectivity index (χ4n) is 1.75. The van der Waals surface area contributed by atoms with Gasteiger partial charge in [0.1, 0.15) is 0 Å². The monoisotopic (exact) mass is 293 g/mol. The van der Waals surface area contributed by atoms with Gasteiger partial charge in [0, 0.05) is 11.8 Å². The maximum atomic E-state index is 12.2. The average molecular weight is 293 g/mol. The fraction of sp³-hybridized carbons (Fsp3) is 0.231. The van der Waals surface area contributed by atoms with Crippen LogP contribution in [0.2, 0.25) is 0 Å². The molecule has 0 atom stereocenters. The molecule has 0 unspecified atom stereocenters. The first-order valence-electron chi connectivity index (χ1n) is 6.09. The van der Waals surface area contributed by atoms with Crippen molar-refractivity contribution >= 4 is 21.6 Å². The van der Waals surface area contributed by atoms with Gasteiger partial charge in [-0.1, -0.05) is 19.1 Å². The highest BCUT2D eigenvalue weighted by Crippen LogP contribution is 2.18. The van der Waals surface area contributed by atoms with E-state index in [1.165, 1.54) is 12.1 Å². The quantitative estimate of drug-likeness (QED) is 0.898. The Balaban J connectivity index is 2.36. The van der Waals surface area contributed by atoms with Crippen LogP contribution in [0.5, 0.6) is 0 Å². The lowest BCUT2D eigenvalue weighted by atomic mass is 10.2. The summed E-state index contributed by atoms with van der Waals surface area (Å²) in [5.74, 6) is -0.195. The summed E-state index contributed by atoms with van der Waals surface area (Å²) in [6, 6.07) is 7.80. The van der Waals surface area contributed by atoms with E-state index in [-0.39, 0.29) is 16.2 Å². The summed E-state index contributed by atoms with van der Waals surface area (Å²) >= 11 is 0. The maximum absolute atomic E-state index is 12.2. The van der Waals surface area contributed by atoms with Crippen molar-refractivity contribution in [3.63, 3.8) is 0 Å². The third kappa shape index (κ3) is 2.88. The molecule has 2 N–H and O–H groups in total. The Bertz CT molecular complexity index is 735. The summed E-state index contributed by atoms with van der Waals surface area (Å²) < 4.78 is 24.0. The molecule has 106 valence electrons. The van der Waals surface area contributed by atoms with E-state index in [2.05, 4.69) is 15.5 Å². The number of benzene rings is 1. The van der Waals surface area contributed by atoms with Gasteiger partial charge < -0.3 is 5.32 Å². The van der Waals surface area contributed by atoms with Crippen molar-refractivity contribution in [2.75, 3.05) is 11.1 Å². The number of hydrogen-bond acceptors (Lipinski definition) is 4. The van der Waals surface area contributed by atoms with Crippen LogP contribution >= 0.6 is 0 Å². The van der Waals surface area contributed by atoms with Gasteiger partial charge in [-0.15, -0.1) is 0 Å². The molecule has 0 bridgehead atoms. The molecule has 20 heavy (non-hydrogen) atoms. The molecule has 6 nitrogen and oxygen atoms in total. The van der Waals surface area contributed by atoms with Gasteiger partial charge in [0.2, 0.25) is 0 Å². The second-order valence-corrected chi connectivity index (χ2v) is 6.54. The Labute approximate surface area is 117 Å². The van der Waals surface area contributed by atoms with Gasteiger partial charge in [0.15, 0.2) is 15.7 Å². The van der Waals surface area contributed by atoms with E-state index < -0.39 is 15.7 Å². The van der Waals surface area contributed by atoms with Gasteiger partial charge in [-0.05, 0) is 19.1 Å². The lowest BCUT2D eigenvalue weighted by Crippen LogP contribution is -2.17. The molecule has 1 amide bonds. The van der Waals surface area contributed by atoms with E-state index in [4.69, 9.17) is 0 Å². The average Bonchev–Trinajstić information content (AvgIpc) is 2.84. The number of hydrogen-bond donors (Lipinski definition) is 2. The van der Waals surface area contributed by atoms with E-state index in [1.54, 1.807) is 32.0 Å². The molecule has 0 aliphatic carbocycles. The Morgan fingerprint density at radius 2 is 2.05 bits per heavy atom. The van der Waals surface area contributed by atoms with Gasteiger partial charge in [0.05, 0.1) is 16.2 Å². The van der Waals surface area contributed by atoms with Crippen LogP contribution in [-0.4, -0.2) is 30.3 Å². The van der Waals surface area contributed by atoms with E-state index in [1.807, 2.05) is 0 Å². The highest BCUT2D eigenvalue weighted by atomic mass is 32.2. The smallest absolute Gasteiger partial charge is 0.258 e. The minimum absolute atomic E-state index is 0.0345. The highest BCUT2D eigenvalue weighted by molar-refractivity contribution is 7.91. The summed E-state index contributed by atoms with van der Waals surface area (Å²) in [6.45, 7) is 3.35. The molecule has 0 saturated heterocycles. The Morgan fingerprint density at radius 3 is 2.65 bits per heavy atom. The van der Waals surface area contributed by atoms with Crippen molar-refractivity contribution in [2.45, 2.75) is 18.7 Å². The first-order chi connectivity index (χ1) is 9.44. The van der Waals surface area contributed by atoms with Gasteiger partial charge in [-0.25, -0.2) is 8.42 Å². The molecule has 0 spiro atoms. The standard InChI is InChI=1S/C13H15N3O3S/c1-3-20(18,19)11-7-5-4-6-10(11)13(17)14-12-8-9(2)15-16-12/h4-8H,3H2,1-2H3,(H2,14,15,16,17). The lowest BCUT2D eigenvalue weighted by Gasteiger charge is -2.08. The number of anilines is 1. The molecule has 0 radical (unpaired) electrons. The summed E-state index contributed by atoms with van der Waals surface area (Å²) in [5.41, 5.74) is 0.921. The molecule has 1 aromatic carbocycles. The number of nitrogens with zero attached hydrogens (tertiary/aromatic N) is 1. The Kier molecular flexibility index (Phi) is 3.89. The fourth-order valence-corrected chi connectivity index (χ4v) is 2.84. The first kappa shape index (κ1) is 14.3. The number of H-pyrrole nitrogens is 1. The van der Waals surface area contributed by atoms with Crippen LogP contribution in [0.15, 0.2) is 35.2 Å². The van der Waals surface area contributed by atoms with Crippen molar-refractivity contribution in [3.05, 3.63) is 41.6 Å². The number of aryl methyl sites for hydroxylation is 1. The predicted octanol–water partition coefficient (Wildman–Crippen LogP) is 1.76. The molecule has 7 heteroatoms. The summed E-state index contributed by atoms with van der Waals surface area (Å²) in [7, 11) is -3.45. The van der Waals surface area contributed by atoms with Crippen molar-refractivity contribution in [1.29, 1.82) is 0 Å². The molecule has 1 heterocycles. The zero-order chi connectivity index (χ0) is 14.8. The molecule has 0 aliphatic rings. The van der Waals surface area contributed by atoms with E-state index in [0.29, 0.717) is 5.82 Å². The molecular weight excluding hydrogens is 278 g/mol. The van der Waals surface area contributed by atoms with Gasteiger partial charge in [-0.2, -0.15) is 5.10 Å². The van der Waals surface area contributed by atoms with Crippen molar-refractivity contribution in [3.8, 4) is 0 Å². The second-order valence-electron chi connectivity index (χ2n) is 4.29. The van der Waals surface area contributed by atoms with Crippen LogP contribution in [0.4, 0.5) is 5.82 Å². The number of aromatic nitrogens is 2.